The Morgan fingerprint density at radius 2 is 1.08 bits per heavy atom. The van der Waals surface area contributed by atoms with Crippen molar-refractivity contribution in [2.24, 2.45) is 11.8 Å². The molecule has 0 spiro atoms. The topological polar surface area (TPSA) is 212 Å². The Balaban J connectivity index is 1.03. The van der Waals surface area contributed by atoms with Crippen LogP contribution in [0.3, 0.4) is 0 Å². The molecule has 6 heterocycles. The molecule has 2 aromatic heterocycles. The minimum absolute atomic E-state index is 0.205. The number of likely N-dealkylation sites (tertiary alicyclic amines) is 2. The number of rotatable bonds is 12. The molecule has 4 N–H and O–H groups in total. The number of amides is 4. The van der Waals surface area contributed by atoms with E-state index in [-0.39, 0.29) is 35.7 Å². The van der Waals surface area contributed by atoms with Gasteiger partial charge in [0.25, 0.3) is 0 Å². The molecule has 4 aromatic rings. The second-order valence-electron chi connectivity index (χ2n) is 16.8. The second kappa shape index (κ2) is 17.3. The predicted octanol–water partition coefficient (Wildman–Crippen LogP) is 5.26. The number of hydrogen-bond acceptors (Lipinski definition) is 12. The molecular weight excluding hydrogens is 801 g/mol. The minimum atomic E-state index is -0.937. The highest BCUT2D eigenvalue weighted by Crippen LogP contribution is 2.51. The fraction of sp³-hybridized carbons (Fsp3) is 0.500. The van der Waals surface area contributed by atoms with Crippen LogP contribution in [0.15, 0.2) is 36.7 Å². The monoisotopic (exact) mass is 854 g/mol. The van der Waals surface area contributed by atoms with E-state index in [0.29, 0.717) is 50.8 Å². The largest absolute Gasteiger partial charge is 0.488 e. The molecule has 4 amide bonds. The van der Waals surface area contributed by atoms with Crippen LogP contribution in [0.2, 0.25) is 0 Å². The Hall–Kier alpha value is -6.14. The third-order valence-electron chi connectivity index (χ3n) is 12.5. The van der Waals surface area contributed by atoms with E-state index in [1.54, 1.807) is 36.0 Å². The first-order valence-electron chi connectivity index (χ1n) is 20.9. The molecule has 4 aliphatic rings. The smallest absolute Gasteiger partial charge is 0.407 e. The Kier molecular flexibility index (Phi) is 11.9. The first kappa shape index (κ1) is 42.5. The van der Waals surface area contributed by atoms with Crippen molar-refractivity contribution in [3.63, 3.8) is 0 Å². The van der Waals surface area contributed by atoms with Gasteiger partial charge in [-0.05, 0) is 62.8 Å². The van der Waals surface area contributed by atoms with E-state index in [0.717, 1.165) is 56.3 Å². The number of methoxy groups -OCH3 is 4. The number of imidazole rings is 2. The third-order valence-corrected chi connectivity index (χ3v) is 12.5. The van der Waals surface area contributed by atoms with Gasteiger partial charge >= 0.3 is 12.2 Å². The molecule has 2 saturated heterocycles. The molecular formula is C44H54N8O10. The van der Waals surface area contributed by atoms with Crippen molar-refractivity contribution in [3.05, 3.63) is 59.4 Å². The summed E-state index contributed by atoms with van der Waals surface area (Å²) in [7, 11) is 5.50. The lowest BCUT2D eigenvalue weighted by atomic mass is 9.87. The lowest BCUT2D eigenvalue weighted by molar-refractivity contribution is -0.138. The number of aromatic amines is 2. The molecule has 0 unspecified atom stereocenters. The van der Waals surface area contributed by atoms with E-state index in [1.807, 2.05) is 12.1 Å². The standard InChI is InChI=1S/C44H54N8O10/c1-21-9-31(51(17-21)41(53)37(23(3)57-5)49-43(55)59-7)39-45-15-29(47-39)25-11-27-19-62-34-14-26(12-28-20-61-33(13-25)35(27)36(28)34)30-16-46-40(48-30)32-10-22(2)18-52(32)42(54)38(24(4)58-6)50-44(56)60-8/h11-16,21-24,31-32,37-38H,9-10,17-20H2,1-8H3,(H,45,47)(H,46,48)(H,49,55)(H,50,56)/t21-,22-,23+,24+,31-,32-,37-,38-/m0/s1. The van der Waals surface area contributed by atoms with Gasteiger partial charge in [0, 0.05) is 60.7 Å². The summed E-state index contributed by atoms with van der Waals surface area (Å²) >= 11 is 0. The van der Waals surface area contributed by atoms with Crippen LogP contribution in [-0.4, -0.2) is 120 Å². The van der Waals surface area contributed by atoms with E-state index in [2.05, 4.69) is 46.6 Å². The number of nitrogens with zero attached hydrogens (tertiary/aromatic N) is 4. The maximum absolute atomic E-state index is 13.9. The molecule has 0 radical (unpaired) electrons. The lowest BCUT2D eigenvalue weighted by Gasteiger charge is -2.31. The highest BCUT2D eigenvalue weighted by atomic mass is 16.5. The molecule has 2 fully saturated rings. The van der Waals surface area contributed by atoms with Gasteiger partial charge in [0.05, 0.1) is 62.3 Å². The van der Waals surface area contributed by atoms with Crippen molar-refractivity contribution in [3.8, 4) is 45.1 Å². The Morgan fingerprint density at radius 3 is 1.45 bits per heavy atom. The number of alkyl carbamates (subject to hydrolysis) is 2. The highest BCUT2D eigenvalue weighted by Gasteiger charge is 2.43. The molecule has 0 saturated carbocycles. The number of benzene rings is 2. The van der Waals surface area contributed by atoms with Gasteiger partial charge < -0.3 is 58.8 Å². The summed E-state index contributed by atoms with van der Waals surface area (Å²) in [6.45, 7) is 9.27. The van der Waals surface area contributed by atoms with Gasteiger partial charge in [0.1, 0.15) is 48.4 Å². The molecule has 4 aliphatic heterocycles. The van der Waals surface area contributed by atoms with Crippen LogP contribution in [0.5, 0.6) is 11.5 Å². The van der Waals surface area contributed by atoms with Crippen LogP contribution in [0, 0.1) is 11.8 Å². The second-order valence-corrected chi connectivity index (χ2v) is 16.8. The minimum Gasteiger partial charge on any atom is -0.488 e. The fourth-order valence-electron chi connectivity index (χ4n) is 9.16. The van der Waals surface area contributed by atoms with E-state index in [1.165, 1.54) is 28.4 Å². The quantitative estimate of drug-likeness (QED) is 0.144. The first-order chi connectivity index (χ1) is 29.8. The van der Waals surface area contributed by atoms with E-state index in [9.17, 15) is 19.2 Å². The number of nitrogens with one attached hydrogen (secondary N) is 4. The zero-order valence-corrected chi connectivity index (χ0v) is 36.2. The average molecular weight is 855 g/mol. The number of hydrogen-bond donors (Lipinski definition) is 4. The molecule has 8 atom stereocenters. The molecule has 8 rings (SSSR count). The number of carbonyl (C=O) groups excluding carboxylic acids is 4. The Labute approximate surface area is 359 Å². The summed E-state index contributed by atoms with van der Waals surface area (Å²) in [6, 6.07) is 5.63. The van der Waals surface area contributed by atoms with Crippen LogP contribution in [0.4, 0.5) is 9.59 Å². The zero-order valence-electron chi connectivity index (χ0n) is 36.2. The number of aromatic nitrogens is 4. The van der Waals surface area contributed by atoms with Crippen molar-refractivity contribution in [1.82, 2.24) is 40.4 Å². The number of ether oxygens (including phenoxy) is 6. The number of H-pyrrole nitrogens is 2. The van der Waals surface area contributed by atoms with E-state index >= 15 is 0 Å². The molecule has 62 heavy (non-hydrogen) atoms. The summed E-state index contributed by atoms with van der Waals surface area (Å²) < 4.78 is 33.4. The Morgan fingerprint density at radius 1 is 0.677 bits per heavy atom. The molecule has 2 aromatic carbocycles. The van der Waals surface area contributed by atoms with Crippen molar-refractivity contribution in [2.75, 3.05) is 41.5 Å². The summed E-state index contributed by atoms with van der Waals surface area (Å²) in [5, 5.41) is 5.28. The predicted molar refractivity (Wildman–Crippen MR) is 224 cm³/mol. The van der Waals surface area contributed by atoms with Crippen molar-refractivity contribution >= 4 is 24.0 Å². The Bertz CT molecular complexity index is 2150. The zero-order chi connectivity index (χ0) is 44.0. The lowest BCUT2D eigenvalue weighted by Crippen LogP contribution is -2.54. The van der Waals surface area contributed by atoms with Crippen molar-refractivity contribution in [1.29, 1.82) is 0 Å². The van der Waals surface area contributed by atoms with Crippen molar-refractivity contribution < 1.29 is 47.6 Å². The maximum atomic E-state index is 13.9. The van der Waals surface area contributed by atoms with Gasteiger partial charge in [0.15, 0.2) is 0 Å². The third kappa shape index (κ3) is 7.92. The fourth-order valence-corrected chi connectivity index (χ4v) is 9.16. The normalized spacial score (nSPS) is 21.8. The molecule has 330 valence electrons. The van der Waals surface area contributed by atoms with Gasteiger partial charge in [-0.2, -0.15) is 0 Å². The van der Waals surface area contributed by atoms with Crippen LogP contribution >= 0.6 is 0 Å². The van der Waals surface area contributed by atoms with Crippen molar-refractivity contribution in [2.45, 2.75) is 90.1 Å². The van der Waals surface area contributed by atoms with Gasteiger partial charge in [-0.25, -0.2) is 19.6 Å². The van der Waals surface area contributed by atoms with Crippen LogP contribution in [0.1, 0.15) is 75.4 Å². The summed E-state index contributed by atoms with van der Waals surface area (Å²) in [5.74, 6) is 2.63. The maximum Gasteiger partial charge on any atom is 0.407 e. The SMILES string of the molecule is COC(=O)N[C@H](C(=O)N1C[C@@H](C)C[C@H]1c1ncc(-c2cc3c4c(c2)OCc2cc(-c5cnc([C@@H]6C[C@H](C)CN6C(=O)[C@@H](NC(=O)OC)[C@@H](C)OC)[nH]5)cc(c2-4)OC3)[nH]1)[C@@H](C)OC. The summed E-state index contributed by atoms with van der Waals surface area (Å²) in [5.41, 5.74) is 7.19. The van der Waals surface area contributed by atoms with Gasteiger partial charge in [-0.3, -0.25) is 9.59 Å². The molecule has 0 aliphatic carbocycles. The van der Waals surface area contributed by atoms with Gasteiger partial charge in [0.2, 0.25) is 11.8 Å². The molecule has 0 bridgehead atoms. The van der Waals surface area contributed by atoms with Gasteiger partial charge in [-0.15, -0.1) is 0 Å². The van der Waals surface area contributed by atoms with Crippen LogP contribution in [-0.2, 0) is 41.8 Å². The van der Waals surface area contributed by atoms with E-state index in [4.69, 9.17) is 38.4 Å². The summed E-state index contributed by atoms with van der Waals surface area (Å²) in [6.07, 6.45) is 2.34. The van der Waals surface area contributed by atoms with Gasteiger partial charge in [-0.1, -0.05) is 13.8 Å². The highest BCUT2D eigenvalue weighted by molar-refractivity contribution is 5.89. The average Bonchev–Trinajstić information content (AvgIpc) is 4.12. The molecule has 18 nitrogen and oxygen atoms in total. The summed E-state index contributed by atoms with van der Waals surface area (Å²) in [4.78, 5) is 72.1. The van der Waals surface area contributed by atoms with Crippen LogP contribution < -0.4 is 20.1 Å². The van der Waals surface area contributed by atoms with E-state index < -0.39 is 36.5 Å². The van der Waals surface area contributed by atoms with Crippen LogP contribution in [0.25, 0.3) is 33.6 Å². The first-order valence-corrected chi connectivity index (χ1v) is 20.9. The molecule has 18 heteroatoms. The number of carbonyl (C=O) groups is 4.